The molecule has 0 saturated heterocycles. The van der Waals surface area contributed by atoms with E-state index in [-0.39, 0.29) is 5.56 Å². The van der Waals surface area contributed by atoms with Crippen molar-refractivity contribution in [1.82, 2.24) is 0 Å². The highest BCUT2D eigenvalue weighted by Gasteiger charge is 2.82. The van der Waals surface area contributed by atoms with Crippen molar-refractivity contribution in [2.24, 2.45) is 0 Å². The van der Waals surface area contributed by atoms with Crippen molar-refractivity contribution >= 4 is 0 Å². The van der Waals surface area contributed by atoms with Gasteiger partial charge in [-0.2, -0.15) is 39.5 Å². The van der Waals surface area contributed by atoms with Crippen molar-refractivity contribution in [1.29, 1.82) is 0 Å². The maximum Gasteiger partial charge on any atom is 0.460 e. The van der Waals surface area contributed by atoms with E-state index in [1.807, 2.05) is 0 Å². The zero-order chi connectivity index (χ0) is 19.9. The van der Waals surface area contributed by atoms with Crippen LogP contribution in [0.3, 0.4) is 0 Å². The highest BCUT2D eigenvalue weighted by atomic mass is 19.4. The molecule has 11 heteroatoms. The van der Waals surface area contributed by atoms with Gasteiger partial charge in [0, 0.05) is 7.11 Å². The van der Waals surface area contributed by atoms with Crippen LogP contribution in [0.15, 0.2) is 24.3 Å². The van der Waals surface area contributed by atoms with Crippen LogP contribution >= 0.6 is 0 Å². The lowest BCUT2D eigenvalue weighted by atomic mass is 9.86. The molecule has 0 N–H and O–H groups in total. The zero-order valence-electron chi connectivity index (χ0n) is 12.7. The summed E-state index contributed by atoms with van der Waals surface area (Å²) >= 11 is 0. The molecule has 1 aromatic carbocycles. The van der Waals surface area contributed by atoms with E-state index in [9.17, 15) is 43.9 Å². The normalized spacial score (nSPS) is 16.6. The van der Waals surface area contributed by atoms with Crippen LogP contribution in [0.2, 0.25) is 0 Å². The minimum atomic E-state index is -6.97. The summed E-state index contributed by atoms with van der Waals surface area (Å²) in [6.07, 6.45) is -9.10. The fourth-order valence-corrected chi connectivity index (χ4v) is 2.04. The SMILES string of the molecule is COC(C)(CC(F)(F)C(F)(F)C(F)(F)C(F)(F)F)c1ccc(F)cc1. The second kappa shape index (κ2) is 6.33. The molecule has 0 heterocycles. The van der Waals surface area contributed by atoms with Crippen LogP contribution in [0.4, 0.5) is 43.9 Å². The molecule has 0 aliphatic heterocycles. The summed E-state index contributed by atoms with van der Waals surface area (Å²) in [7, 11) is 0.763. The predicted octanol–water partition coefficient (Wildman–Crippen LogP) is 5.55. The van der Waals surface area contributed by atoms with Gasteiger partial charge in [-0.3, -0.25) is 0 Å². The maximum absolute atomic E-state index is 13.8. The van der Waals surface area contributed by atoms with E-state index in [0.717, 1.165) is 38.3 Å². The topological polar surface area (TPSA) is 9.23 Å². The summed E-state index contributed by atoms with van der Waals surface area (Å²) in [4.78, 5) is 0. The first-order chi connectivity index (χ1) is 11.0. The van der Waals surface area contributed by atoms with Crippen molar-refractivity contribution in [3.8, 4) is 0 Å². The monoisotopic (exact) mass is 386 g/mol. The number of ether oxygens (including phenoxy) is 1. The first kappa shape index (κ1) is 21.5. The third-order valence-corrected chi connectivity index (χ3v) is 3.67. The predicted molar refractivity (Wildman–Crippen MR) is 66.3 cm³/mol. The Balaban J connectivity index is 3.30. The second-order valence-electron chi connectivity index (χ2n) is 5.47. The number of hydrogen-bond acceptors (Lipinski definition) is 1. The van der Waals surface area contributed by atoms with E-state index in [2.05, 4.69) is 4.74 Å². The molecule has 0 fully saturated rings. The Morgan fingerprint density at radius 2 is 1.24 bits per heavy atom. The van der Waals surface area contributed by atoms with Gasteiger partial charge in [0.25, 0.3) is 0 Å². The molecule has 0 aliphatic rings. The number of alkyl halides is 9. The van der Waals surface area contributed by atoms with E-state index >= 15 is 0 Å². The number of halogens is 10. The van der Waals surface area contributed by atoms with Crippen LogP contribution in [0.1, 0.15) is 18.9 Å². The Morgan fingerprint density at radius 1 is 0.800 bits per heavy atom. The number of methoxy groups -OCH3 is 1. The fraction of sp³-hybridized carbons (Fsp3) is 0.571. The third-order valence-electron chi connectivity index (χ3n) is 3.67. The smallest absolute Gasteiger partial charge is 0.374 e. The Hall–Kier alpha value is -1.52. The molecule has 1 aromatic rings. The lowest BCUT2D eigenvalue weighted by Crippen LogP contribution is -2.62. The molecule has 25 heavy (non-hydrogen) atoms. The average Bonchev–Trinajstić information content (AvgIpc) is 2.45. The molecule has 0 bridgehead atoms. The Morgan fingerprint density at radius 3 is 1.60 bits per heavy atom. The van der Waals surface area contributed by atoms with Gasteiger partial charge in [0.05, 0.1) is 12.0 Å². The highest BCUT2D eigenvalue weighted by molar-refractivity contribution is 5.24. The zero-order valence-corrected chi connectivity index (χ0v) is 12.7. The number of rotatable bonds is 6. The maximum atomic E-state index is 13.8. The molecule has 0 saturated carbocycles. The summed E-state index contributed by atoms with van der Waals surface area (Å²) < 4.78 is 134. The summed E-state index contributed by atoms with van der Waals surface area (Å²) in [5.74, 6) is -20.3. The first-order valence-corrected chi connectivity index (χ1v) is 6.53. The lowest BCUT2D eigenvalue weighted by molar-refractivity contribution is -0.400. The molecule has 144 valence electrons. The third kappa shape index (κ3) is 3.70. The average molecular weight is 386 g/mol. The number of benzene rings is 1. The van der Waals surface area contributed by atoms with E-state index in [0.29, 0.717) is 0 Å². The van der Waals surface area contributed by atoms with E-state index in [1.54, 1.807) is 0 Å². The summed E-state index contributed by atoms with van der Waals surface area (Å²) in [6.45, 7) is 0.774. The van der Waals surface area contributed by atoms with Crippen molar-refractivity contribution in [3.63, 3.8) is 0 Å². The summed E-state index contributed by atoms with van der Waals surface area (Å²) in [6, 6.07) is 3.23. The van der Waals surface area contributed by atoms with Crippen LogP contribution in [-0.2, 0) is 10.3 Å². The Bertz CT molecular complexity index is 593. The quantitative estimate of drug-likeness (QED) is 0.583. The van der Waals surface area contributed by atoms with Gasteiger partial charge in [-0.15, -0.1) is 0 Å². The van der Waals surface area contributed by atoms with Gasteiger partial charge < -0.3 is 4.74 Å². The standard InChI is InChI=1S/C14H12F10O/c1-10(25-2,8-3-5-9(15)6-4-8)7-11(16,17)12(18,19)13(20,21)14(22,23)24/h3-6H,7H2,1-2H3. The van der Waals surface area contributed by atoms with Gasteiger partial charge in [-0.25, -0.2) is 4.39 Å². The molecule has 1 rings (SSSR count). The Labute approximate surface area is 135 Å². The largest absolute Gasteiger partial charge is 0.460 e. The van der Waals surface area contributed by atoms with Crippen LogP contribution in [0, 0.1) is 5.82 Å². The van der Waals surface area contributed by atoms with Gasteiger partial charge in [0.15, 0.2) is 0 Å². The molecule has 1 nitrogen and oxygen atoms in total. The van der Waals surface area contributed by atoms with E-state index in [4.69, 9.17) is 0 Å². The summed E-state index contributed by atoms with van der Waals surface area (Å²) in [5, 5.41) is 0. The van der Waals surface area contributed by atoms with Crippen LogP contribution in [-0.4, -0.2) is 31.1 Å². The summed E-state index contributed by atoms with van der Waals surface area (Å²) in [5.41, 5.74) is -2.70. The first-order valence-electron chi connectivity index (χ1n) is 6.53. The van der Waals surface area contributed by atoms with Crippen LogP contribution < -0.4 is 0 Å². The van der Waals surface area contributed by atoms with Gasteiger partial charge in [0.2, 0.25) is 0 Å². The van der Waals surface area contributed by atoms with Crippen molar-refractivity contribution < 1.29 is 48.6 Å². The molecule has 1 unspecified atom stereocenters. The van der Waals surface area contributed by atoms with Gasteiger partial charge >= 0.3 is 23.9 Å². The van der Waals surface area contributed by atoms with Crippen molar-refractivity contribution in [2.75, 3.05) is 7.11 Å². The molecule has 0 aliphatic carbocycles. The van der Waals surface area contributed by atoms with Crippen molar-refractivity contribution in [2.45, 2.75) is 42.9 Å². The fourth-order valence-electron chi connectivity index (χ4n) is 2.04. The molecule has 0 amide bonds. The molecular formula is C14H12F10O. The minimum Gasteiger partial charge on any atom is -0.374 e. The number of hydrogen-bond donors (Lipinski definition) is 0. The molecule has 1 atom stereocenters. The van der Waals surface area contributed by atoms with Crippen molar-refractivity contribution in [3.05, 3.63) is 35.6 Å². The van der Waals surface area contributed by atoms with E-state index in [1.165, 1.54) is 0 Å². The van der Waals surface area contributed by atoms with Gasteiger partial charge in [-0.1, -0.05) is 12.1 Å². The molecule has 0 aromatic heterocycles. The highest BCUT2D eigenvalue weighted by Crippen LogP contribution is 2.56. The molecular weight excluding hydrogens is 374 g/mol. The minimum absolute atomic E-state index is 0.317. The second-order valence-corrected chi connectivity index (χ2v) is 5.47. The van der Waals surface area contributed by atoms with Crippen LogP contribution in [0.5, 0.6) is 0 Å². The molecule has 0 spiro atoms. The van der Waals surface area contributed by atoms with Gasteiger partial charge in [-0.05, 0) is 24.6 Å². The van der Waals surface area contributed by atoms with E-state index < -0.39 is 41.8 Å². The lowest BCUT2D eigenvalue weighted by Gasteiger charge is -2.38. The van der Waals surface area contributed by atoms with Crippen LogP contribution in [0.25, 0.3) is 0 Å². The Kier molecular flexibility index (Phi) is 5.45. The van der Waals surface area contributed by atoms with Gasteiger partial charge in [0.1, 0.15) is 5.82 Å². The molecule has 0 radical (unpaired) electrons.